The van der Waals surface area contributed by atoms with Crippen molar-refractivity contribution in [3.05, 3.63) is 51.3 Å². The van der Waals surface area contributed by atoms with Crippen molar-refractivity contribution in [3.8, 4) is 17.2 Å². The number of fused-ring (bicyclic) bond motifs is 1. The lowest BCUT2D eigenvalue weighted by atomic mass is 10.2. The number of hydrogen-bond donors (Lipinski definition) is 1. The highest BCUT2D eigenvalue weighted by molar-refractivity contribution is 5.73. The zero-order valence-corrected chi connectivity index (χ0v) is 10.8. The first-order valence-electron chi connectivity index (χ1n) is 6.07. The van der Waals surface area contributed by atoms with Gasteiger partial charge in [-0.2, -0.15) is 0 Å². The van der Waals surface area contributed by atoms with Gasteiger partial charge in [0.25, 0.3) is 0 Å². The van der Waals surface area contributed by atoms with Gasteiger partial charge in [0, 0.05) is 18.5 Å². The molecule has 1 amide bonds. The Hall–Kier alpha value is -3.03. The molecule has 1 aromatic carbocycles. The quantitative estimate of drug-likeness (QED) is 0.746. The molecule has 1 aliphatic rings. The average molecular weight is 289 g/mol. The monoisotopic (exact) mass is 289 g/mol. The average Bonchev–Trinajstić information content (AvgIpc) is 2.91. The molecule has 0 saturated heterocycles. The van der Waals surface area contributed by atoms with Crippen LogP contribution in [0, 0.1) is 0 Å². The number of nitrogens with two attached hydrogens (primary N) is 1. The Morgan fingerprint density at radius 3 is 2.67 bits per heavy atom. The number of nitrogens with zero attached hydrogens (tertiary/aromatic N) is 2. The summed E-state index contributed by atoms with van der Waals surface area (Å²) in [6, 6.07) is 4.88. The predicted molar refractivity (Wildman–Crippen MR) is 71.6 cm³/mol. The van der Waals surface area contributed by atoms with E-state index >= 15 is 0 Å². The van der Waals surface area contributed by atoms with E-state index in [0.29, 0.717) is 17.2 Å². The van der Waals surface area contributed by atoms with Gasteiger partial charge < -0.3 is 15.2 Å². The van der Waals surface area contributed by atoms with Crippen LogP contribution in [0.15, 0.2) is 40.2 Å². The predicted octanol–water partition coefficient (Wildman–Crippen LogP) is -0.787. The summed E-state index contributed by atoms with van der Waals surface area (Å²) in [4.78, 5) is 34.8. The Kier molecular flexibility index (Phi) is 2.98. The van der Waals surface area contributed by atoms with Gasteiger partial charge in [-0.3, -0.25) is 23.5 Å². The van der Waals surface area contributed by atoms with Crippen LogP contribution in [0.2, 0.25) is 0 Å². The van der Waals surface area contributed by atoms with E-state index in [1.807, 2.05) is 0 Å². The fourth-order valence-corrected chi connectivity index (χ4v) is 2.04. The van der Waals surface area contributed by atoms with E-state index in [0.717, 1.165) is 4.57 Å². The van der Waals surface area contributed by atoms with Gasteiger partial charge in [-0.05, 0) is 12.1 Å². The Balaban J connectivity index is 2.08. The van der Waals surface area contributed by atoms with Crippen LogP contribution in [0.4, 0.5) is 0 Å². The lowest BCUT2D eigenvalue weighted by Gasteiger charge is -2.08. The molecule has 108 valence electrons. The molecule has 1 aromatic heterocycles. The SMILES string of the molecule is NC(=O)Cn1ccn(-c2ccc3c(c2)OCO3)c(=O)c1=O. The van der Waals surface area contributed by atoms with Crippen LogP contribution in [0.1, 0.15) is 0 Å². The van der Waals surface area contributed by atoms with E-state index < -0.39 is 17.0 Å². The minimum atomic E-state index is -0.825. The molecule has 1 aliphatic heterocycles. The molecule has 0 spiro atoms. The number of hydrogen-bond acceptors (Lipinski definition) is 5. The number of carbonyl (C=O) groups excluding carboxylic acids is 1. The number of ether oxygens (including phenoxy) is 2. The van der Waals surface area contributed by atoms with Gasteiger partial charge in [0.2, 0.25) is 12.7 Å². The van der Waals surface area contributed by atoms with E-state index in [-0.39, 0.29) is 13.3 Å². The van der Waals surface area contributed by atoms with E-state index in [9.17, 15) is 14.4 Å². The van der Waals surface area contributed by atoms with Gasteiger partial charge in [0.05, 0.1) is 5.69 Å². The van der Waals surface area contributed by atoms with E-state index in [4.69, 9.17) is 15.2 Å². The second-order valence-corrected chi connectivity index (χ2v) is 4.41. The van der Waals surface area contributed by atoms with Crippen molar-refractivity contribution >= 4 is 5.91 Å². The molecule has 8 nitrogen and oxygen atoms in total. The summed E-state index contributed by atoms with van der Waals surface area (Å²) in [7, 11) is 0. The molecule has 2 N–H and O–H groups in total. The highest BCUT2D eigenvalue weighted by Gasteiger charge is 2.15. The highest BCUT2D eigenvalue weighted by Crippen LogP contribution is 2.33. The van der Waals surface area contributed by atoms with Gasteiger partial charge in [-0.1, -0.05) is 0 Å². The third-order valence-corrected chi connectivity index (χ3v) is 3.02. The minimum Gasteiger partial charge on any atom is -0.454 e. The number of rotatable bonds is 3. The molecule has 2 heterocycles. The van der Waals surface area contributed by atoms with Gasteiger partial charge in [0.1, 0.15) is 6.54 Å². The lowest BCUT2D eigenvalue weighted by Crippen LogP contribution is -2.41. The zero-order valence-electron chi connectivity index (χ0n) is 10.8. The van der Waals surface area contributed by atoms with Crippen LogP contribution in [0.5, 0.6) is 11.5 Å². The van der Waals surface area contributed by atoms with Crippen LogP contribution in [0.3, 0.4) is 0 Å². The zero-order chi connectivity index (χ0) is 15.0. The molecular weight excluding hydrogens is 278 g/mol. The number of aromatic nitrogens is 2. The summed E-state index contributed by atoms with van der Waals surface area (Å²) in [6.45, 7) is -0.218. The Morgan fingerprint density at radius 1 is 1.14 bits per heavy atom. The summed E-state index contributed by atoms with van der Waals surface area (Å²) in [5, 5.41) is 0. The Morgan fingerprint density at radius 2 is 1.90 bits per heavy atom. The third-order valence-electron chi connectivity index (χ3n) is 3.02. The minimum absolute atomic E-state index is 0.119. The van der Waals surface area contributed by atoms with Gasteiger partial charge in [0.15, 0.2) is 11.5 Å². The Labute approximate surface area is 117 Å². The second kappa shape index (κ2) is 4.82. The maximum Gasteiger partial charge on any atom is 0.320 e. The van der Waals surface area contributed by atoms with Gasteiger partial charge >= 0.3 is 11.1 Å². The molecule has 0 radical (unpaired) electrons. The van der Waals surface area contributed by atoms with E-state index in [1.165, 1.54) is 17.0 Å². The van der Waals surface area contributed by atoms with Crippen molar-refractivity contribution in [3.63, 3.8) is 0 Å². The van der Waals surface area contributed by atoms with Crippen molar-refractivity contribution in [2.75, 3.05) is 6.79 Å². The smallest absolute Gasteiger partial charge is 0.320 e. The van der Waals surface area contributed by atoms with E-state index in [1.54, 1.807) is 18.2 Å². The molecule has 3 rings (SSSR count). The molecule has 21 heavy (non-hydrogen) atoms. The molecular formula is C13H11N3O5. The summed E-state index contributed by atoms with van der Waals surface area (Å²) in [5.41, 5.74) is 3.88. The van der Waals surface area contributed by atoms with Crippen LogP contribution >= 0.6 is 0 Å². The summed E-state index contributed by atoms with van der Waals surface area (Å²) >= 11 is 0. The molecule has 0 saturated carbocycles. The molecule has 2 aromatic rings. The Bertz CT molecular complexity index is 836. The number of amides is 1. The van der Waals surface area contributed by atoms with Gasteiger partial charge in [-0.25, -0.2) is 0 Å². The number of benzene rings is 1. The number of primary amides is 1. The topological polar surface area (TPSA) is 106 Å². The lowest BCUT2D eigenvalue weighted by molar-refractivity contribution is -0.118. The van der Waals surface area contributed by atoms with E-state index in [2.05, 4.69) is 0 Å². The first kappa shape index (κ1) is 13.0. The van der Waals surface area contributed by atoms with Crippen molar-refractivity contribution in [2.45, 2.75) is 6.54 Å². The molecule has 0 bridgehead atoms. The first-order chi connectivity index (χ1) is 10.1. The number of carbonyl (C=O) groups is 1. The molecule has 0 atom stereocenters. The van der Waals surface area contributed by atoms with Crippen molar-refractivity contribution in [1.29, 1.82) is 0 Å². The second-order valence-electron chi connectivity index (χ2n) is 4.41. The highest BCUT2D eigenvalue weighted by atomic mass is 16.7. The van der Waals surface area contributed by atoms with Crippen LogP contribution in [-0.4, -0.2) is 21.8 Å². The fraction of sp³-hybridized carbons (Fsp3) is 0.154. The fourth-order valence-electron chi connectivity index (χ4n) is 2.04. The van der Waals surface area contributed by atoms with Crippen LogP contribution in [0.25, 0.3) is 5.69 Å². The standard InChI is InChI=1S/C13H11N3O5/c14-11(17)6-15-3-4-16(13(19)12(15)18)8-1-2-9-10(5-8)21-7-20-9/h1-5H,6-7H2,(H2,14,17). The van der Waals surface area contributed by atoms with Crippen molar-refractivity contribution in [2.24, 2.45) is 5.73 Å². The maximum atomic E-state index is 12.1. The molecule has 0 aliphatic carbocycles. The largest absolute Gasteiger partial charge is 0.454 e. The maximum absolute atomic E-state index is 12.1. The third kappa shape index (κ3) is 2.27. The first-order valence-corrected chi connectivity index (χ1v) is 6.07. The summed E-state index contributed by atoms with van der Waals surface area (Å²) < 4.78 is 12.5. The van der Waals surface area contributed by atoms with Crippen LogP contribution in [-0.2, 0) is 11.3 Å². The van der Waals surface area contributed by atoms with Crippen molar-refractivity contribution in [1.82, 2.24) is 9.13 Å². The van der Waals surface area contributed by atoms with Gasteiger partial charge in [-0.15, -0.1) is 0 Å². The molecule has 0 unspecified atom stereocenters. The summed E-state index contributed by atoms with van der Waals surface area (Å²) in [6.07, 6.45) is 2.73. The van der Waals surface area contributed by atoms with Crippen molar-refractivity contribution < 1.29 is 14.3 Å². The molecule has 0 fully saturated rings. The van der Waals surface area contributed by atoms with Crippen LogP contribution < -0.4 is 26.3 Å². The normalized spacial score (nSPS) is 12.4. The molecule has 8 heteroatoms. The summed E-state index contributed by atoms with van der Waals surface area (Å²) in [5.74, 6) is 0.381.